The van der Waals surface area contributed by atoms with Gasteiger partial charge in [0.2, 0.25) is 0 Å². The van der Waals surface area contributed by atoms with Crippen molar-refractivity contribution in [3.8, 4) is 0 Å². The van der Waals surface area contributed by atoms with E-state index in [1.807, 2.05) is 39.8 Å². The maximum atomic E-state index is 12.3. The standard InChI is InChI=1S/C17H24N2O2/c1-5-17(21,6-2)10-18-16(20)15-12(4)13-9-11(3)7-8-14(13)19-15/h7-9,19,21H,5-6,10H2,1-4H3,(H,18,20). The zero-order valence-electron chi connectivity index (χ0n) is 13.2. The van der Waals surface area contributed by atoms with Gasteiger partial charge in [-0.1, -0.05) is 25.5 Å². The van der Waals surface area contributed by atoms with Gasteiger partial charge >= 0.3 is 0 Å². The van der Waals surface area contributed by atoms with Crippen molar-refractivity contribution in [3.05, 3.63) is 35.0 Å². The predicted molar refractivity (Wildman–Crippen MR) is 85.6 cm³/mol. The van der Waals surface area contributed by atoms with Crippen LogP contribution < -0.4 is 5.32 Å². The monoisotopic (exact) mass is 288 g/mol. The molecule has 0 saturated carbocycles. The molecule has 4 heteroatoms. The van der Waals surface area contributed by atoms with Gasteiger partial charge in [0.05, 0.1) is 5.60 Å². The number of carbonyl (C=O) groups is 1. The summed E-state index contributed by atoms with van der Waals surface area (Å²) in [5.41, 5.74) is 2.83. The molecule has 2 rings (SSSR count). The molecule has 114 valence electrons. The molecule has 1 amide bonds. The van der Waals surface area contributed by atoms with Crippen LogP contribution in [0, 0.1) is 13.8 Å². The molecule has 1 aromatic carbocycles. The number of nitrogens with one attached hydrogen (secondary N) is 2. The predicted octanol–water partition coefficient (Wildman–Crippen LogP) is 3.07. The number of aliphatic hydroxyl groups is 1. The number of rotatable bonds is 5. The maximum absolute atomic E-state index is 12.3. The number of hydrogen-bond donors (Lipinski definition) is 3. The molecule has 0 bridgehead atoms. The topological polar surface area (TPSA) is 65.1 Å². The molecule has 0 aliphatic rings. The van der Waals surface area contributed by atoms with Gasteiger partial charge in [-0.05, 0) is 44.4 Å². The Balaban J connectivity index is 2.22. The van der Waals surface area contributed by atoms with Crippen molar-refractivity contribution >= 4 is 16.8 Å². The van der Waals surface area contributed by atoms with E-state index in [0.29, 0.717) is 18.5 Å². The Morgan fingerprint density at radius 1 is 1.29 bits per heavy atom. The first-order valence-corrected chi connectivity index (χ1v) is 7.49. The second-order valence-corrected chi connectivity index (χ2v) is 5.79. The lowest BCUT2D eigenvalue weighted by molar-refractivity contribution is 0.0313. The number of benzene rings is 1. The minimum atomic E-state index is -0.827. The number of aromatic amines is 1. The van der Waals surface area contributed by atoms with Crippen molar-refractivity contribution in [3.63, 3.8) is 0 Å². The summed E-state index contributed by atoms with van der Waals surface area (Å²) in [6.45, 7) is 8.10. The summed E-state index contributed by atoms with van der Waals surface area (Å²) in [7, 11) is 0. The molecule has 0 fully saturated rings. The van der Waals surface area contributed by atoms with Crippen LogP contribution in [0.4, 0.5) is 0 Å². The molecule has 3 N–H and O–H groups in total. The number of hydrogen-bond acceptors (Lipinski definition) is 2. The van der Waals surface area contributed by atoms with Gasteiger partial charge in [-0.25, -0.2) is 0 Å². The zero-order chi connectivity index (χ0) is 15.6. The van der Waals surface area contributed by atoms with Crippen molar-refractivity contribution in [1.29, 1.82) is 0 Å². The molecule has 0 saturated heterocycles. The summed E-state index contributed by atoms with van der Waals surface area (Å²) in [4.78, 5) is 15.5. The van der Waals surface area contributed by atoms with Crippen LogP contribution in [0.3, 0.4) is 0 Å². The molecule has 1 aromatic heterocycles. The van der Waals surface area contributed by atoms with Crippen LogP contribution in [0.25, 0.3) is 10.9 Å². The summed E-state index contributed by atoms with van der Waals surface area (Å²) >= 11 is 0. The van der Waals surface area contributed by atoms with Crippen LogP contribution >= 0.6 is 0 Å². The quantitative estimate of drug-likeness (QED) is 0.791. The summed E-state index contributed by atoms with van der Waals surface area (Å²) in [6.07, 6.45) is 1.24. The molecular formula is C17H24N2O2. The van der Waals surface area contributed by atoms with E-state index in [1.54, 1.807) is 0 Å². The SMILES string of the molecule is CCC(O)(CC)CNC(=O)c1[nH]c2ccc(C)cc2c1C. The van der Waals surface area contributed by atoms with Gasteiger partial charge in [-0.2, -0.15) is 0 Å². The van der Waals surface area contributed by atoms with Crippen LogP contribution in [-0.4, -0.2) is 28.1 Å². The van der Waals surface area contributed by atoms with Gasteiger partial charge in [0, 0.05) is 17.4 Å². The van der Waals surface area contributed by atoms with E-state index >= 15 is 0 Å². The lowest BCUT2D eigenvalue weighted by Crippen LogP contribution is -2.42. The molecule has 0 aliphatic heterocycles. The van der Waals surface area contributed by atoms with E-state index in [-0.39, 0.29) is 12.5 Å². The molecular weight excluding hydrogens is 264 g/mol. The Morgan fingerprint density at radius 3 is 2.57 bits per heavy atom. The lowest BCUT2D eigenvalue weighted by Gasteiger charge is -2.25. The molecule has 0 spiro atoms. The van der Waals surface area contributed by atoms with Gasteiger partial charge in [-0.15, -0.1) is 0 Å². The van der Waals surface area contributed by atoms with Crippen LogP contribution in [0.1, 0.15) is 48.3 Å². The van der Waals surface area contributed by atoms with Crippen LogP contribution in [0.15, 0.2) is 18.2 Å². The largest absolute Gasteiger partial charge is 0.388 e. The van der Waals surface area contributed by atoms with Gasteiger partial charge in [0.25, 0.3) is 5.91 Å². The van der Waals surface area contributed by atoms with E-state index in [1.165, 1.54) is 5.56 Å². The Labute approximate surface area is 125 Å². The lowest BCUT2D eigenvalue weighted by atomic mass is 9.97. The van der Waals surface area contributed by atoms with Crippen LogP contribution in [0.5, 0.6) is 0 Å². The number of fused-ring (bicyclic) bond motifs is 1. The van der Waals surface area contributed by atoms with E-state index < -0.39 is 5.60 Å². The smallest absolute Gasteiger partial charge is 0.268 e. The molecule has 2 aromatic rings. The highest BCUT2D eigenvalue weighted by Crippen LogP contribution is 2.23. The highest BCUT2D eigenvalue weighted by molar-refractivity contribution is 6.01. The Hall–Kier alpha value is -1.81. The first kappa shape index (κ1) is 15.6. The van der Waals surface area contributed by atoms with Crippen LogP contribution in [-0.2, 0) is 0 Å². The van der Waals surface area contributed by atoms with Gasteiger partial charge in [0.15, 0.2) is 0 Å². The molecule has 0 aliphatic carbocycles. The van der Waals surface area contributed by atoms with Crippen molar-refractivity contribution in [2.24, 2.45) is 0 Å². The first-order valence-electron chi connectivity index (χ1n) is 7.49. The molecule has 21 heavy (non-hydrogen) atoms. The highest BCUT2D eigenvalue weighted by atomic mass is 16.3. The fourth-order valence-corrected chi connectivity index (χ4v) is 2.50. The molecule has 0 atom stereocenters. The fraction of sp³-hybridized carbons (Fsp3) is 0.471. The van der Waals surface area contributed by atoms with Crippen molar-refractivity contribution in [2.45, 2.75) is 46.1 Å². The zero-order valence-corrected chi connectivity index (χ0v) is 13.2. The van der Waals surface area contributed by atoms with E-state index in [2.05, 4.69) is 16.4 Å². The van der Waals surface area contributed by atoms with Gasteiger partial charge in [0.1, 0.15) is 5.69 Å². The first-order chi connectivity index (χ1) is 9.90. The maximum Gasteiger partial charge on any atom is 0.268 e. The summed E-state index contributed by atoms with van der Waals surface area (Å²) in [6, 6.07) is 6.09. The average Bonchev–Trinajstić information content (AvgIpc) is 2.81. The average molecular weight is 288 g/mol. The second kappa shape index (κ2) is 5.90. The minimum absolute atomic E-state index is 0.165. The summed E-state index contributed by atoms with van der Waals surface area (Å²) < 4.78 is 0. The number of aromatic nitrogens is 1. The third kappa shape index (κ3) is 3.10. The summed E-state index contributed by atoms with van der Waals surface area (Å²) in [5.74, 6) is -0.165. The third-order valence-corrected chi connectivity index (χ3v) is 4.34. The Bertz CT molecular complexity index is 654. The number of aryl methyl sites for hydroxylation is 2. The molecule has 0 radical (unpaired) electrons. The van der Waals surface area contributed by atoms with E-state index in [9.17, 15) is 9.90 Å². The van der Waals surface area contributed by atoms with Crippen LogP contribution in [0.2, 0.25) is 0 Å². The van der Waals surface area contributed by atoms with Gasteiger partial charge in [-0.3, -0.25) is 4.79 Å². The number of H-pyrrole nitrogens is 1. The highest BCUT2D eigenvalue weighted by Gasteiger charge is 2.24. The fourth-order valence-electron chi connectivity index (χ4n) is 2.50. The van der Waals surface area contributed by atoms with E-state index in [0.717, 1.165) is 16.5 Å². The van der Waals surface area contributed by atoms with Crippen molar-refractivity contribution in [2.75, 3.05) is 6.54 Å². The normalized spacial score (nSPS) is 11.9. The van der Waals surface area contributed by atoms with Crippen molar-refractivity contribution in [1.82, 2.24) is 10.3 Å². The molecule has 0 unspecified atom stereocenters. The number of amides is 1. The molecule has 4 nitrogen and oxygen atoms in total. The third-order valence-electron chi connectivity index (χ3n) is 4.34. The van der Waals surface area contributed by atoms with Crippen molar-refractivity contribution < 1.29 is 9.90 Å². The Kier molecular flexibility index (Phi) is 4.37. The minimum Gasteiger partial charge on any atom is -0.388 e. The van der Waals surface area contributed by atoms with E-state index in [4.69, 9.17) is 0 Å². The second-order valence-electron chi connectivity index (χ2n) is 5.79. The summed E-state index contributed by atoms with van der Waals surface area (Å²) in [5, 5.41) is 14.2. The number of carbonyl (C=O) groups excluding carboxylic acids is 1. The van der Waals surface area contributed by atoms with Gasteiger partial charge < -0.3 is 15.4 Å². The Morgan fingerprint density at radius 2 is 1.95 bits per heavy atom. The molecule has 1 heterocycles.